The summed E-state index contributed by atoms with van der Waals surface area (Å²) >= 11 is 0. The number of aromatic carboxylic acids is 1. The molecule has 2 heterocycles. The van der Waals surface area contributed by atoms with Crippen LogP contribution in [0.15, 0.2) is 58.4 Å². The number of anilines is 2. The maximum Gasteiger partial charge on any atom is 0.335 e. The Morgan fingerprint density at radius 2 is 1.75 bits per heavy atom. The predicted molar refractivity (Wildman–Crippen MR) is 121 cm³/mol. The van der Waals surface area contributed by atoms with Crippen molar-refractivity contribution >= 4 is 28.4 Å². The Hall–Kier alpha value is -4.11. The quantitative estimate of drug-likeness (QED) is 0.406. The molecule has 1 aliphatic rings. The number of hydrogen-bond donors (Lipinski definition) is 3. The van der Waals surface area contributed by atoms with Gasteiger partial charge in [-0.25, -0.2) is 4.79 Å². The molecule has 162 valence electrons. The van der Waals surface area contributed by atoms with E-state index in [0.29, 0.717) is 36.4 Å². The lowest BCUT2D eigenvalue weighted by molar-refractivity contribution is 0.0697. The number of fused-ring (bicyclic) bond motifs is 2. The predicted octanol–water partition coefficient (Wildman–Crippen LogP) is 1.21. The lowest BCUT2D eigenvalue weighted by Crippen LogP contribution is -2.44. The van der Waals surface area contributed by atoms with Crippen molar-refractivity contribution < 1.29 is 9.90 Å². The summed E-state index contributed by atoms with van der Waals surface area (Å²) in [6.07, 6.45) is 3.95. The Morgan fingerprint density at radius 1 is 1.00 bits per heavy atom. The van der Waals surface area contributed by atoms with Crippen LogP contribution in [0.5, 0.6) is 0 Å². The highest BCUT2D eigenvalue weighted by Crippen LogP contribution is 2.26. The van der Waals surface area contributed by atoms with Crippen LogP contribution >= 0.6 is 0 Å². The minimum Gasteiger partial charge on any atom is -0.478 e. The molecule has 5 rings (SSSR count). The van der Waals surface area contributed by atoms with Gasteiger partial charge in [0.15, 0.2) is 0 Å². The molecule has 0 aliphatic carbocycles. The molecular formula is C23H21N5O4. The van der Waals surface area contributed by atoms with Crippen LogP contribution in [0.25, 0.3) is 11.0 Å². The normalized spacial score (nSPS) is 12.8. The van der Waals surface area contributed by atoms with Gasteiger partial charge in [0.05, 0.1) is 16.6 Å². The van der Waals surface area contributed by atoms with E-state index < -0.39 is 16.8 Å². The van der Waals surface area contributed by atoms with Crippen molar-refractivity contribution in [2.24, 2.45) is 5.73 Å². The molecule has 9 nitrogen and oxygen atoms in total. The topological polar surface area (TPSA) is 152 Å². The Kier molecular flexibility index (Phi) is 5.65. The van der Waals surface area contributed by atoms with E-state index in [9.17, 15) is 14.4 Å². The largest absolute Gasteiger partial charge is 0.478 e. The molecule has 0 radical (unpaired) electrons. The minimum atomic E-state index is -0.951. The Balaban J connectivity index is 0.000000165. The van der Waals surface area contributed by atoms with Crippen LogP contribution in [0.3, 0.4) is 0 Å². The summed E-state index contributed by atoms with van der Waals surface area (Å²) in [6.45, 7) is 1.82. The minimum absolute atomic E-state index is 0.100. The lowest BCUT2D eigenvalue weighted by atomic mass is 9.96. The summed E-state index contributed by atoms with van der Waals surface area (Å²) < 4.78 is 0. The van der Waals surface area contributed by atoms with Crippen LogP contribution in [0.2, 0.25) is 0 Å². The van der Waals surface area contributed by atoms with E-state index in [0.717, 1.165) is 17.5 Å². The van der Waals surface area contributed by atoms with E-state index in [2.05, 4.69) is 22.1 Å². The van der Waals surface area contributed by atoms with Crippen molar-refractivity contribution in [3.05, 3.63) is 91.5 Å². The van der Waals surface area contributed by atoms with Gasteiger partial charge in [-0.15, -0.1) is 0 Å². The number of benzene rings is 2. The molecule has 3 aromatic carbocycles. The molecule has 9 heteroatoms. The molecule has 4 aromatic rings. The number of nitrogens with two attached hydrogens (primary N) is 2. The van der Waals surface area contributed by atoms with Crippen LogP contribution in [0, 0.1) is 0 Å². The van der Waals surface area contributed by atoms with Crippen molar-refractivity contribution in [1.82, 2.24) is 9.97 Å². The van der Waals surface area contributed by atoms with Gasteiger partial charge >= 0.3 is 5.97 Å². The zero-order valence-electron chi connectivity index (χ0n) is 17.1. The molecule has 0 amide bonds. The highest BCUT2D eigenvalue weighted by atomic mass is 16.4. The van der Waals surface area contributed by atoms with Crippen LogP contribution in [-0.2, 0) is 19.5 Å². The van der Waals surface area contributed by atoms with Crippen LogP contribution < -0.4 is 27.2 Å². The molecule has 32 heavy (non-hydrogen) atoms. The molecular weight excluding hydrogens is 410 g/mol. The van der Waals surface area contributed by atoms with Gasteiger partial charge in [-0.05, 0) is 41.3 Å². The highest BCUT2D eigenvalue weighted by molar-refractivity contribution is 5.92. The van der Waals surface area contributed by atoms with E-state index >= 15 is 0 Å². The van der Waals surface area contributed by atoms with Crippen molar-refractivity contribution in [3.63, 3.8) is 0 Å². The maximum atomic E-state index is 11.6. The zero-order chi connectivity index (χ0) is 22.8. The average Bonchev–Trinajstić information content (AvgIpc) is 2.83. The molecule has 0 unspecified atom stereocenters. The first-order valence-electron chi connectivity index (χ1n) is 9.97. The fourth-order valence-corrected chi connectivity index (χ4v) is 3.74. The first kappa shape index (κ1) is 21.1. The fourth-order valence-electron chi connectivity index (χ4n) is 3.74. The van der Waals surface area contributed by atoms with Gasteiger partial charge in [0.2, 0.25) is 0 Å². The number of rotatable bonds is 3. The van der Waals surface area contributed by atoms with Crippen LogP contribution in [-0.4, -0.2) is 27.6 Å². The molecule has 5 N–H and O–H groups in total. The van der Waals surface area contributed by atoms with E-state index in [1.54, 1.807) is 12.3 Å². The Bertz CT molecular complexity index is 1390. The second-order valence-electron chi connectivity index (χ2n) is 7.46. The second kappa shape index (κ2) is 8.56. The van der Waals surface area contributed by atoms with Crippen molar-refractivity contribution in [2.45, 2.75) is 19.5 Å². The highest BCUT2D eigenvalue weighted by Gasteiger charge is 2.26. The van der Waals surface area contributed by atoms with Gasteiger partial charge in [0.25, 0.3) is 10.9 Å². The number of hydrogen-bond acceptors (Lipinski definition) is 8. The van der Waals surface area contributed by atoms with Crippen molar-refractivity contribution in [2.75, 3.05) is 17.2 Å². The van der Waals surface area contributed by atoms with Gasteiger partial charge < -0.3 is 21.5 Å². The number of carbonyl (C=O) groups is 1. The summed E-state index contributed by atoms with van der Waals surface area (Å²) in [5.41, 5.74) is 15.7. The summed E-state index contributed by atoms with van der Waals surface area (Å²) in [5.74, 6) is -0.951. The third-order valence-corrected chi connectivity index (χ3v) is 5.47. The standard InChI is InChI=1S/C14H15N3O2.C9H6N2O2/c15-6-8-1-2-9-3-4-17(7-10(9)5-8)12-11(16)13(18)14(12)19;12-9(13)6-1-2-7-8(5-6)11-4-3-10-7/h1-2,5H,3-4,6-7,15-16H2;1-5H,(H,12,13). The summed E-state index contributed by atoms with van der Waals surface area (Å²) in [7, 11) is 0. The van der Waals surface area contributed by atoms with Gasteiger partial charge in [0.1, 0.15) is 11.4 Å². The fraction of sp³-hybridized carbons (Fsp3) is 0.174. The molecule has 1 aromatic heterocycles. The molecule has 0 saturated carbocycles. The average molecular weight is 431 g/mol. The second-order valence-corrected chi connectivity index (χ2v) is 7.46. The van der Waals surface area contributed by atoms with Gasteiger partial charge in [-0.3, -0.25) is 19.6 Å². The molecule has 0 bridgehead atoms. The van der Waals surface area contributed by atoms with Crippen molar-refractivity contribution in [3.8, 4) is 0 Å². The zero-order valence-corrected chi connectivity index (χ0v) is 17.1. The van der Waals surface area contributed by atoms with E-state index in [4.69, 9.17) is 16.6 Å². The van der Waals surface area contributed by atoms with E-state index in [-0.39, 0.29) is 11.3 Å². The van der Waals surface area contributed by atoms with Crippen LogP contribution in [0.4, 0.5) is 11.4 Å². The first-order valence-corrected chi connectivity index (χ1v) is 9.97. The molecule has 0 saturated heterocycles. The van der Waals surface area contributed by atoms with E-state index in [1.165, 1.54) is 23.9 Å². The molecule has 1 aliphatic heterocycles. The van der Waals surface area contributed by atoms with E-state index in [1.807, 2.05) is 11.0 Å². The smallest absolute Gasteiger partial charge is 0.335 e. The number of aromatic nitrogens is 2. The molecule has 0 spiro atoms. The number of nitrogens with zero attached hydrogens (tertiary/aromatic N) is 3. The Morgan fingerprint density at radius 3 is 2.44 bits per heavy atom. The van der Waals surface area contributed by atoms with Gasteiger partial charge in [-0.2, -0.15) is 0 Å². The number of nitrogen functional groups attached to an aromatic ring is 1. The lowest BCUT2D eigenvalue weighted by Gasteiger charge is -2.31. The number of carboxylic acids is 1. The summed E-state index contributed by atoms with van der Waals surface area (Å²) in [4.78, 5) is 43.3. The summed E-state index contributed by atoms with van der Waals surface area (Å²) in [6, 6.07) is 10.8. The molecule has 0 fully saturated rings. The summed E-state index contributed by atoms with van der Waals surface area (Å²) in [5, 5.41) is 8.70. The Labute approximate surface area is 182 Å². The third kappa shape index (κ3) is 3.93. The number of carboxylic acid groups (broad SMARTS) is 1. The van der Waals surface area contributed by atoms with Gasteiger partial charge in [0, 0.05) is 32.0 Å². The van der Waals surface area contributed by atoms with Crippen molar-refractivity contribution in [1.29, 1.82) is 0 Å². The first-order chi connectivity index (χ1) is 15.4. The van der Waals surface area contributed by atoms with Crippen LogP contribution in [0.1, 0.15) is 27.0 Å². The molecule has 0 atom stereocenters. The monoisotopic (exact) mass is 431 g/mol. The SMILES string of the molecule is NCc1ccc2c(c1)CN(c1c(N)c(=O)c1=O)CC2.O=C(O)c1ccc2nccnc2c1. The third-order valence-electron chi connectivity index (χ3n) is 5.47. The maximum absolute atomic E-state index is 11.6. The van der Waals surface area contributed by atoms with Gasteiger partial charge in [-0.1, -0.05) is 18.2 Å².